The van der Waals surface area contributed by atoms with Gasteiger partial charge in [0.15, 0.2) is 5.96 Å². The molecule has 0 bridgehead atoms. The summed E-state index contributed by atoms with van der Waals surface area (Å²) in [4.78, 5) is 22.6. The second kappa shape index (κ2) is 10.1. The molecule has 1 aromatic rings. The number of aliphatic imine (C=N–C) groups is 1. The zero-order valence-electron chi connectivity index (χ0n) is 15.8. The molecule has 1 aliphatic rings. The first-order valence-electron chi connectivity index (χ1n) is 9.40. The van der Waals surface area contributed by atoms with Crippen molar-refractivity contribution in [2.45, 2.75) is 53.1 Å². The van der Waals surface area contributed by atoms with Crippen molar-refractivity contribution in [3.05, 3.63) is 18.2 Å². The molecule has 1 fully saturated rings. The van der Waals surface area contributed by atoms with Crippen molar-refractivity contribution in [3.63, 3.8) is 0 Å². The molecule has 25 heavy (non-hydrogen) atoms. The molecule has 0 saturated carbocycles. The number of amides is 1. The number of guanidine groups is 1. The van der Waals surface area contributed by atoms with Gasteiger partial charge in [0.2, 0.25) is 5.91 Å². The second-order valence-electron chi connectivity index (χ2n) is 6.85. The second-order valence-corrected chi connectivity index (χ2v) is 6.85. The van der Waals surface area contributed by atoms with Crippen LogP contribution in [0.3, 0.4) is 0 Å². The number of hydrogen-bond acceptors (Lipinski definition) is 3. The average molecular weight is 348 g/mol. The van der Waals surface area contributed by atoms with Crippen LogP contribution >= 0.6 is 0 Å². The summed E-state index contributed by atoms with van der Waals surface area (Å²) >= 11 is 0. The van der Waals surface area contributed by atoms with Crippen LogP contribution in [0.25, 0.3) is 0 Å². The third-order valence-corrected chi connectivity index (χ3v) is 4.15. The monoisotopic (exact) mass is 348 g/mol. The molecule has 1 amide bonds. The topological polar surface area (TPSA) is 74.6 Å². The van der Waals surface area contributed by atoms with Gasteiger partial charge in [0.05, 0.1) is 0 Å². The van der Waals surface area contributed by atoms with Crippen LogP contribution in [0.1, 0.15) is 45.9 Å². The maximum Gasteiger partial charge on any atom is 0.222 e. The molecule has 0 radical (unpaired) electrons. The number of hydrogen-bond donors (Lipinski definition) is 2. The molecule has 2 rings (SSSR count). The van der Waals surface area contributed by atoms with E-state index >= 15 is 0 Å². The van der Waals surface area contributed by atoms with Crippen LogP contribution < -0.4 is 10.6 Å². The van der Waals surface area contributed by atoms with Gasteiger partial charge in [-0.1, -0.05) is 13.8 Å². The summed E-state index contributed by atoms with van der Waals surface area (Å²) in [5.74, 6) is 2.65. The van der Waals surface area contributed by atoms with Gasteiger partial charge in [-0.15, -0.1) is 0 Å². The van der Waals surface area contributed by atoms with Gasteiger partial charge in [0.25, 0.3) is 0 Å². The van der Waals surface area contributed by atoms with Gasteiger partial charge in [-0.05, 0) is 25.7 Å². The highest BCUT2D eigenvalue weighted by atomic mass is 16.2. The van der Waals surface area contributed by atoms with E-state index in [1.807, 2.05) is 17.3 Å². The lowest BCUT2D eigenvalue weighted by atomic mass is 10.2. The molecule has 140 valence electrons. The van der Waals surface area contributed by atoms with Gasteiger partial charge in [-0.3, -0.25) is 4.79 Å². The summed E-state index contributed by atoms with van der Waals surface area (Å²) in [7, 11) is 0. The normalized spacial score (nSPS) is 15.3. The fourth-order valence-electron chi connectivity index (χ4n) is 2.96. The Hall–Kier alpha value is -2.05. The number of nitrogens with zero attached hydrogens (tertiary/aromatic N) is 4. The SMILES string of the molecule is CCNC(=NCc1nccn1CC(C)C)NCCCN1CCCC1=O. The summed E-state index contributed by atoms with van der Waals surface area (Å²) in [6.45, 7) is 11.3. The number of likely N-dealkylation sites (tertiary alicyclic amines) is 1. The predicted octanol–water partition coefficient (Wildman–Crippen LogP) is 1.61. The molecule has 1 aliphatic heterocycles. The lowest BCUT2D eigenvalue weighted by Gasteiger charge is -2.16. The summed E-state index contributed by atoms with van der Waals surface area (Å²) in [5.41, 5.74) is 0. The Balaban J connectivity index is 1.79. The number of aromatic nitrogens is 2. The molecule has 1 saturated heterocycles. The first-order valence-corrected chi connectivity index (χ1v) is 9.40. The van der Waals surface area contributed by atoms with Crippen LogP contribution in [0.5, 0.6) is 0 Å². The van der Waals surface area contributed by atoms with Crippen molar-refractivity contribution < 1.29 is 4.79 Å². The standard InChI is InChI=1S/C18H32N6O/c1-4-19-18(21-8-6-11-23-10-5-7-17(23)25)22-13-16-20-9-12-24(16)14-15(2)3/h9,12,15H,4-8,10-11,13-14H2,1-3H3,(H2,19,21,22). The Bertz CT molecular complexity index is 566. The number of carbonyl (C=O) groups is 1. The maximum absolute atomic E-state index is 11.6. The third-order valence-electron chi connectivity index (χ3n) is 4.15. The van der Waals surface area contributed by atoms with Crippen molar-refractivity contribution in [2.24, 2.45) is 10.9 Å². The van der Waals surface area contributed by atoms with Crippen molar-refractivity contribution in [1.82, 2.24) is 25.1 Å². The van der Waals surface area contributed by atoms with Crippen molar-refractivity contribution in [2.75, 3.05) is 26.2 Å². The third kappa shape index (κ3) is 6.40. The Morgan fingerprint density at radius 1 is 1.40 bits per heavy atom. The lowest BCUT2D eigenvalue weighted by Crippen LogP contribution is -2.39. The molecular weight excluding hydrogens is 316 g/mol. The number of rotatable bonds is 9. The van der Waals surface area contributed by atoms with E-state index in [0.717, 1.165) is 57.3 Å². The zero-order chi connectivity index (χ0) is 18.1. The first kappa shape index (κ1) is 19.3. The highest BCUT2D eigenvalue weighted by Crippen LogP contribution is 2.09. The van der Waals surface area contributed by atoms with E-state index in [2.05, 4.69) is 45.9 Å². The minimum atomic E-state index is 0.289. The molecule has 1 aromatic heterocycles. The molecule has 2 N–H and O–H groups in total. The number of imidazole rings is 1. The summed E-state index contributed by atoms with van der Waals surface area (Å²) < 4.78 is 2.16. The number of carbonyl (C=O) groups excluding carboxylic acids is 1. The van der Waals surface area contributed by atoms with Crippen LogP contribution in [0, 0.1) is 5.92 Å². The minimum absolute atomic E-state index is 0.289. The Labute approximate surface area is 150 Å². The Kier molecular flexibility index (Phi) is 7.76. The van der Waals surface area contributed by atoms with Gasteiger partial charge in [0, 0.05) is 51.5 Å². The molecular formula is C18H32N6O. The van der Waals surface area contributed by atoms with Crippen LogP contribution in [-0.2, 0) is 17.9 Å². The van der Waals surface area contributed by atoms with Gasteiger partial charge < -0.3 is 20.1 Å². The molecule has 0 aromatic carbocycles. The fraction of sp³-hybridized carbons (Fsp3) is 0.722. The van der Waals surface area contributed by atoms with Crippen LogP contribution in [-0.4, -0.2) is 52.5 Å². The molecule has 7 nitrogen and oxygen atoms in total. The van der Waals surface area contributed by atoms with Crippen LogP contribution in [0.2, 0.25) is 0 Å². The Morgan fingerprint density at radius 2 is 2.24 bits per heavy atom. The van der Waals surface area contributed by atoms with Gasteiger partial charge in [-0.2, -0.15) is 0 Å². The van der Waals surface area contributed by atoms with Crippen molar-refractivity contribution in [1.29, 1.82) is 0 Å². The first-order chi connectivity index (χ1) is 12.1. The maximum atomic E-state index is 11.6. The van der Waals surface area contributed by atoms with E-state index in [0.29, 0.717) is 18.9 Å². The fourth-order valence-corrected chi connectivity index (χ4v) is 2.96. The van der Waals surface area contributed by atoms with Gasteiger partial charge >= 0.3 is 0 Å². The molecule has 0 aliphatic carbocycles. The number of nitrogens with one attached hydrogen (secondary N) is 2. The Morgan fingerprint density at radius 3 is 2.92 bits per heavy atom. The van der Waals surface area contributed by atoms with E-state index < -0.39 is 0 Å². The van der Waals surface area contributed by atoms with Crippen LogP contribution in [0.4, 0.5) is 0 Å². The zero-order valence-corrected chi connectivity index (χ0v) is 15.8. The van der Waals surface area contributed by atoms with E-state index in [-0.39, 0.29) is 5.91 Å². The summed E-state index contributed by atoms with van der Waals surface area (Å²) in [6.07, 6.45) is 6.48. The van der Waals surface area contributed by atoms with Gasteiger partial charge in [0.1, 0.15) is 12.4 Å². The van der Waals surface area contributed by atoms with Crippen molar-refractivity contribution >= 4 is 11.9 Å². The largest absolute Gasteiger partial charge is 0.357 e. The summed E-state index contributed by atoms with van der Waals surface area (Å²) in [5, 5.41) is 6.61. The molecule has 2 heterocycles. The lowest BCUT2D eigenvalue weighted by molar-refractivity contribution is -0.127. The molecule has 0 unspecified atom stereocenters. The predicted molar refractivity (Wildman–Crippen MR) is 100 cm³/mol. The van der Waals surface area contributed by atoms with E-state index in [9.17, 15) is 4.79 Å². The van der Waals surface area contributed by atoms with Crippen molar-refractivity contribution in [3.8, 4) is 0 Å². The summed E-state index contributed by atoms with van der Waals surface area (Å²) in [6, 6.07) is 0. The quantitative estimate of drug-likeness (QED) is 0.404. The minimum Gasteiger partial charge on any atom is -0.357 e. The highest BCUT2D eigenvalue weighted by Gasteiger charge is 2.18. The van der Waals surface area contributed by atoms with E-state index in [1.54, 1.807) is 0 Å². The van der Waals surface area contributed by atoms with Gasteiger partial charge in [-0.25, -0.2) is 9.98 Å². The van der Waals surface area contributed by atoms with Crippen LogP contribution in [0.15, 0.2) is 17.4 Å². The van der Waals surface area contributed by atoms with E-state index in [4.69, 9.17) is 0 Å². The smallest absolute Gasteiger partial charge is 0.222 e. The average Bonchev–Trinajstić information content (AvgIpc) is 3.17. The molecule has 7 heteroatoms. The molecule has 0 spiro atoms. The highest BCUT2D eigenvalue weighted by molar-refractivity contribution is 5.79. The molecule has 0 atom stereocenters. The van der Waals surface area contributed by atoms with E-state index in [1.165, 1.54) is 0 Å².